The number of carbonyl (C=O) groups is 2. The first-order valence-electron chi connectivity index (χ1n) is 9.95. The first kappa shape index (κ1) is 23.1. The molecule has 0 aromatic heterocycles. The third-order valence-corrected chi connectivity index (χ3v) is 6.63. The van der Waals surface area contributed by atoms with E-state index in [0.717, 1.165) is 26.9 Å². The van der Waals surface area contributed by atoms with Crippen LogP contribution in [0.1, 0.15) is 21.9 Å². The number of likely N-dealkylation sites (N-methyl/N-ethyl adjacent to an activating group) is 1. The highest BCUT2D eigenvalue weighted by atomic mass is 79.9. The molecular weight excluding hydrogens is 472 g/mol. The largest absolute Gasteiger partial charge is 0.336 e. The van der Waals surface area contributed by atoms with Gasteiger partial charge < -0.3 is 10.2 Å². The Balaban J connectivity index is 1.59. The molecule has 0 bridgehead atoms. The maximum atomic E-state index is 12.7. The van der Waals surface area contributed by atoms with E-state index in [-0.39, 0.29) is 29.4 Å². The number of nitrogens with one attached hydrogen (secondary N) is 1. The summed E-state index contributed by atoms with van der Waals surface area (Å²) < 4.78 is 0.957. The van der Waals surface area contributed by atoms with E-state index in [1.807, 2.05) is 61.5 Å². The number of benzene rings is 3. The van der Waals surface area contributed by atoms with Gasteiger partial charge >= 0.3 is 0 Å². The predicted octanol–water partition coefficient (Wildman–Crippen LogP) is 5.68. The van der Waals surface area contributed by atoms with Crippen molar-refractivity contribution in [2.24, 2.45) is 0 Å². The van der Waals surface area contributed by atoms with Gasteiger partial charge in [0.05, 0.1) is 17.5 Å². The van der Waals surface area contributed by atoms with E-state index in [0.29, 0.717) is 0 Å². The average Bonchev–Trinajstić information content (AvgIpc) is 2.77. The Bertz CT molecular complexity index is 989. The average molecular weight is 497 g/mol. The Morgan fingerprint density at radius 3 is 2.10 bits per heavy atom. The van der Waals surface area contributed by atoms with Gasteiger partial charge in [-0.3, -0.25) is 9.59 Å². The van der Waals surface area contributed by atoms with Crippen LogP contribution in [0.4, 0.5) is 5.69 Å². The quantitative estimate of drug-likeness (QED) is 0.436. The maximum absolute atomic E-state index is 12.7. The van der Waals surface area contributed by atoms with Crippen LogP contribution in [0.25, 0.3) is 0 Å². The third-order valence-electron chi connectivity index (χ3n) is 4.85. The van der Waals surface area contributed by atoms with E-state index in [1.54, 1.807) is 18.8 Å². The Hall–Kier alpha value is -2.57. The summed E-state index contributed by atoms with van der Waals surface area (Å²) in [5.41, 5.74) is 4.01. The Kier molecular flexibility index (Phi) is 8.32. The minimum Gasteiger partial charge on any atom is -0.336 e. The molecule has 1 N–H and O–H groups in total. The van der Waals surface area contributed by atoms with E-state index in [2.05, 4.69) is 45.5 Å². The van der Waals surface area contributed by atoms with E-state index in [9.17, 15) is 9.59 Å². The topological polar surface area (TPSA) is 49.4 Å². The maximum Gasteiger partial charge on any atom is 0.243 e. The smallest absolute Gasteiger partial charge is 0.243 e. The second kappa shape index (κ2) is 11.2. The molecule has 0 heterocycles. The van der Waals surface area contributed by atoms with Gasteiger partial charge in [0.1, 0.15) is 0 Å². The number of hydrogen-bond acceptors (Lipinski definition) is 3. The zero-order valence-corrected chi connectivity index (χ0v) is 19.9. The summed E-state index contributed by atoms with van der Waals surface area (Å²) in [6.45, 7) is 1.94. The van der Waals surface area contributed by atoms with Gasteiger partial charge in [0.15, 0.2) is 0 Å². The van der Waals surface area contributed by atoms with E-state index >= 15 is 0 Å². The van der Waals surface area contributed by atoms with Crippen molar-refractivity contribution in [2.75, 3.05) is 24.7 Å². The molecule has 0 aliphatic carbocycles. The molecule has 0 unspecified atom stereocenters. The normalized spacial score (nSPS) is 10.7. The van der Waals surface area contributed by atoms with Gasteiger partial charge in [0.25, 0.3) is 0 Å². The summed E-state index contributed by atoms with van der Waals surface area (Å²) in [6, 6.07) is 26.0. The molecule has 0 aliphatic heterocycles. The first-order chi connectivity index (χ1) is 14.9. The Labute approximate surface area is 196 Å². The molecule has 0 saturated carbocycles. The number of thioether (sulfide) groups is 1. The zero-order chi connectivity index (χ0) is 22.2. The van der Waals surface area contributed by atoms with Crippen LogP contribution in [0, 0.1) is 6.92 Å². The molecule has 0 spiro atoms. The number of carbonyl (C=O) groups excluding carboxylic acids is 2. The number of anilines is 1. The van der Waals surface area contributed by atoms with Crippen molar-refractivity contribution < 1.29 is 9.59 Å². The molecule has 0 radical (unpaired) electrons. The van der Waals surface area contributed by atoms with Gasteiger partial charge in [-0.15, -0.1) is 11.8 Å². The van der Waals surface area contributed by atoms with Crippen LogP contribution in [0.3, 0.4) is 0 Å². The van der Waals surface area contributed by atoms with Crippen molar-refractivity contribution in [3.8, 4) is 0 Å². The molecule has 2 amide bonds. The van der Waals surface area contributed by atoms with Crippen LogP contribution in [-0.4, -0.2) is 36.1 Å². The van der Waals surface area contributed by atoms with Crippen molar-refractivity contribution >= 4 is 45.2 Å². The molecule has 31 heavy (non-hydrogen) atoms. The monoisotopic (exact) mass is 496 g/mol. The van der Waals surface area contributed by atoms with Gasteiger partial charge in [-0.25, -0.2) is 0 Å². The van der Waals surface area contributed by atoms with Crippen molar-refractivity contribution in [3.63, 3.8) is 0 Å². The Morgan fingerprint density at radius 1 is 0.968 bits per heavy atom. The highest BCUT2D eigenvalue weighted by molar-refractivity contribution is 9.10. The SMILES string of the molecule is Cc1cc(Br)ccc1NC(=O)CN(C)C(=O)CSC(c1ccccc1)c1ccccc1. The van der Waals surface area contributed by atoms with Crippen LogP contribution in [0.2, 0.25) is 0 Å². The summed E-state index contributed by atoms with van der Waals surface area (Å²) in [7, 11) is 1.66. The molecule has 160 valence electrons. The number of amides is 2. The lowest BCUT2D eigenvalue weighted by atomic mass is 10.0. The Morgan fingerprint density at radius 2 is 1.55 bits per heavy atom. The van der Waals surface area contributed by atoms with E-state index in [1.165, 1.54) is 4.90 Å². The summed E-state index contributed by atoms with van der Waals surface area (Å²) in [5.74, 6) is -0.00582. The number of halogens is 1. The molecule has 3 aromatic carbocycles. The molecule has 4 nitrogen and oxygen atoms in total. The van der Waals surface area contributed by atoms with Gasteiger partial charge in [0.2, 0.25) is 11.8 Å². The summed E-state index contributed by atoms with van der Waals surface area (Å²) >= 11 is 4.99. The van der Waals surface area contributed by atoms with Crippen molar-refractivity contribution in [2.45, 2.75) is 12.2 Å². The van der Waals surface area contributed by atoms with Gasteiger partial charge in [-0.05, 0) is 41.8 Å². The minimum absolute atomic E-state index is 0.0102. The molecule has 0 aliphatic rings. The predicted molar refractivity (Wildman–Crippen MR) is 132 cm³/mol. The van der Waals surface area contributed by atoms with Crippen molar-refractivity contribution in [3.05, 3.63) is 100 Å². The highest BCUT2D eigenvalue weighted by Gasteiger charge is 2.19. The molecule has 3 aromatic rings. The molecule has 3 rings (SSSR count). The standard InChI is InChI=1S/C25H25BrN2O2S/c1-18-15-21(26)13-14-22(18)27-23(29)16-28(2)24(30)17-31-25(19-9-5-3-6-10-19)20-11-7-4-8-12-20/h3-15,25H,16-17H2,1-2H3,(H,27,29). The summed E-state index contributed by atoms with van der Waals surface area (Å²) in [6.07, 6.45) is 0. The summed E-state index contributed by atoms with van der Waals surface area (Å²) in [5, 5.41) is 2.93. The molecule has 0 atom stereocenters. The number of nitrogens with zero attached hydrogens (tertiary/aromatic N) is 1. The fraction of sp³-hybridized carbons (Fsp3) is 0.200. The van der Waals surface area contributed by atoms with Crippen molar-refractivity contribution in [1.29, 1.82) is 0 Å². The molecule has 6 heteroatoms. The number of rotatable bonds is 8. The second-order valence-electron chi connectivity index (χ2n) is 7.27. The number of aryl methyl sites for hydroxylation is 1. The van der Waals surface area contributed by atoms with Gasteiger partial charge in [-0.2, -0.15) is 0 Å². The second-order valence-corrected chi connectivity index (χ2v) is 9.28. The van der Waals surface area contributed by atoms with Gasteiger partial charge in [0, 0.05) is 17.2 Å². The number of hydrogen-bond donors (Lipinski definition) is 1. The highest BCUT2D eigenvalue weighted by Crippen LogP contribution is 2.35. The van der Waals surface area contributed by atoms with Crippen LogP contribution >= 0.6 is 27.7 Å². The van der Waals surface area contributed by atoms with Crippen LogP contribution < -0.4 is 5.32 Å². The van der Waals surface area contributed by atoms with Crippen LogP contribution in [0.15, 0.2) is 83.3 Å². The molecular formula is C25H25BrN2O2S. The zero-order valence-electron chi connectivity index (χ0n) is 17.5. The lowest BCUT2D eigenvalue weighted by Gasteiger charge is -2.21. The fourth-order valence-corrected chi connectivity index (χ4v) is 4.87. The fourth-order valence-electron chi connectivity index (χ4n) is 3.17. The van der Waals surface area contributed by atoms with Crippen molar-refractivity contribution in [1.82, 2.24) is 4.90 Å². The van der Waals surface area contributed by atoms with E-state index < -0.39 is 0 Å². The van der Waals surface area contributed by atoms with E-state index in [4.69, 9.17) is 0 Å². The van der Waals surface area contributed by atoms with Gasteiger partial charge in [-0.1, -0.05) is 76.6 Å². The van der Waals surface area contributed by atoms with Crippen LogP contribution in [-0.2, 0) is 9.59 Å². The lowest BCUT2D eigenvalue weighted by Crippen LogP contribution is -2.36. The minimum atomic E-state index is -0.214. The molecule has 0 saturated heterocycles. The first-order valence-corrected chi connectivity index (χ1v) is 11.8. The van der Waals surface area contributed by atoms with Crippen LogP contribution in [0.5, 0.6) is 0 Å². The lowest BCUT2D eigenvalue weighted by molar-refractivity contribution is -0.131. The summed E-state index contributed by atoms with van der Waals surface area (Å²) in [4.78, 5) is 26.6. The molecule has 0 fully saturated rings. The third kappa shape index (κ3) is 6.71.